The second kappa shape index (κ2) is 8.05. The molecule has 7 heteroatoms. The molecule has 2 fully saturated rings. The van der Waals surface area contributed by atoms with E-state index in [0.29, 0.717) is 31.4 Å². The molecule has 1 N–H and O–H groups in total. The molecule has 0 spiro atoms. The van der Waals surface area contributed by atoms with Crippen LogP contribution in [0.1, 0.15) is 52.9 Å². The smallest absolute Gasteiger partial charge is 0.225 e. The van der Waals surface area contributed by atoms with Crippen molar-refractivity contribution in [1.82, 2.24) is 5.32 Å². The van der Waals surface area contributed by atoms with Crippen molar-refractivity contribution >= 4 is 17.3 Å². The van der Waals surface area contributed by atoms with Gasteiger partial charge in [-0.15, -0.1) is 0 Å². The molecule has 2 aliphatic rings. The second-order valence-electron chi connectivity index (χ2n) is 7.28. The fourth-order valence-electron chi connectivity index (χ4n) is 3.53. The number of ether oxygens (including phenoxy) is 1. The highest BCUT2D eigenvalue weighted by Crippen LogP contribution is 2.47. The summed E-state index contributed by atoms with van der Waals surface area (Å²) in [7, 11) is 0. The van der Waals surface area contributed by atoms with Crippen molar-refractivity contribution in [2.75, 3.05) is 13.2 Å². The van der Waals surface area contributed by atoms with E-state index in [-0.39, 0.29) is 23.5 Å². The van der Waals surface area contributed by atoms with E-state index in [9.17, 15) is 13.6 Å². The minimum Gasteiger partial charge on any atom is -0.750 e. The van der Waals surface area contributed by atoms with Gasteiger partial charge in [0.15, 0.2) is 0 Å². The molecule has 0 aromatic carbocycles. The highest BCUT2D eigenvalue weighted by molar-refractivity contribution is 7.74. The number of rotatable bonds is 9. The number of hydrogen-bond donors (Lipinski definition) is 1. The van der Waals surface area contributed by atoms with Gasteiger partial charge >= 0.3 is 0 Å². The highest BCUT2D eigenvalue weighted by atomic mass is 32.2. The summed E-state index contributed by atoms with van der Waals surface area (Å²) >= 11 is -2.49. The molecule has 0 radical (unpaired) electrons. The minimum absolute atomic E-state index is 0.0582. The van der Waals surface area contributed by atoms with Gasteiger partial charge in [-0.05, 0) is 43.9 Å². The van der Waals surface area contributed by atoms with Crippen LogP contribution in [0.4, 0.5) is 0 Å². The molecule has 0 aliphatic heterocycles. The molecule has 0 aromatic heterocycles. The predicted molar refractivity (Wildman–Crippen MR) is 86.1 cm³/mol. The summed E-state index contributed by atoms with van der Waals surface area (Å²) in [4.78, 5) is 12.0. The summed E-state index contributed by atoms with van der Waals surface area (Å²) in [5, 5.41) is 2.93. The summed E-state index contributed by atoms with van der Waals surface area (Å²) in [5.74, 6) is 0.762. The van der Waals surface area contributed by atoms with Gasteiger partial charge in [0, 0.05) is 18.6 Å². The fraction of sp³-hybridized carbons (Fsp3) is 0.938. The van der Waals surface area contributed by atoms with E-state index < -0.39 is 11.4 Å². The summed E-state index contributed by atoms with van der Waals surface area (Å²) < 4.78 is 32.6. The van der Waals surface area contributed by atoms with E-state index in [2.05, 4.69) is 5.32 Å². The summed E-state index contributed by atoms with van der Waals surface area (Å²) in [6.07, 6.45) is 4.15. The Labute approximate surface area is 141 Å². The van der Waals surface area contributed by atoms with Crippen molar-refractivity contribution in [3.8, 4) is 0 Å². The Kier molecular flexibility index (Phi) is 6.59. The van der Waals surface area contributed by atoms with Gasteiger partial charge in [-0.2, -0.15) is 0 Å². The number of nitrogens with one attached hydrogen (secondary N) is 1. The van der Waals surface area contributed by atoms with Crippen molar-refractivity contribution in [2.24, 2.45) is 17.3 Å². The summed E-state index contributed by atoms with van der Waals surface area (Å²) in [6.45, 7) is 6.93. The Morgan fingerprint density at radius 3 is 2.57 bits per heavy atom. The molecule has 5 atom stereocenters. The lowest BCUT2D eigenvalue weighted by atomic mass is 9.89. The normalized spacial score (nSPS) is 31.3. The fourth-order valence-corrected chi connectivity index (χ4v) is 3.98. The zero-order valence-corrected chi connectivity index (χ0v) is 15.0. The molecule has 0 heterocycles. The molecule has 134 valence electrons. The number of carbonyl (C=O) groups excluding carboxylic acids is 1. The predicted octanol–water partition coefficient (Wildman–Crippen LogP) is 1.92. The molecule has 2 rings (SSSR count). The largest absolute Gasteiger partial charge is 0.750 e. The molecular weight excluding hydrogens is 318 g/mol. The first-order valence-electron chi connectivity index (χ1n) is 8.51. The van der Waals surface area contributed by atoms with Crippen LogP contribution in [0, 0.1) is 17.3 Å². The third kappa shape index (κ3) is 4.75. The van der Waals surface area contributed by atoms with Crippen LogP contribution in [0.3, 0.4) is 0 Å². The van der Waals surface area contributed by atoms with Crippen molar-refractivity contribution in [3.63, 3.8) is 0 Å². The Morgan fingerprint density at radius 2 is 1.96 bits per heavy atom. The van der Waals surface area contributed by atoms with Gasteiger partial charge in [0.25, 0.3) is 0 Å². The lowest BCUT2D eigenvalue weighted by molar-refractivity contribution is -0.129. The van der Waals surface area contributed by atoms with Crippen molar-refractivity contribution in [2.45, 2.75) is 65.1 Å². The Hall–Kier alpha value is -0.500. The van der Waals surface area contributed by atoms with E-state index >= 15 is 0 Å². The van der Waals surface area contributed by atoms with Crippen LogP contribution in [0.5, 0.6) is 0 Å². The average Bonchev–Trinajstić information content (AvgIpc) is 3.08. The molecule has 5 unspecified atom stereocenters. The van der Waals surface area contributed by atoms with Crippen LogP contribution in [-0.2, 0) is 25.1 Å². The van der Waals surface area contributed by atoms with E-state index in [1.165, 1.54) is 0 Å². The van der Waals surface area contributed by atoms with Gasteiger partial charge in [-0.3, -0.25) is 8.98 Å². The maximum absolute atomic E-state index is 12.0. The summed E-state index contributed by atoms with van der Waals surface area (Å²) in [6, 6.07) is 0. The molecule has 6 nitrogen and oxygen atoms in total. The zero-order valence-electron chi connectivity index (χ0n) is 14.2. The van der Waals surface area contributed by atoms with E-state index in [4.69, 9.17) is 8.92 Å². The maximum atomic E-state index is 12.0. The van der Waals surface area contributed by atoms with Gasteiger partial charge in [-0.25, -0.2) is 4.21 Å². The van der Waals surface area contributed by atoms with Crippen molar-refractivity contribution < 1.29 is 22.5 Å². The first kappa shape index (κ1) is 18.8. The van der Waals surface area contributed by atoms with E-state index in [1.54, 1.807) is 0 Å². The van der Waals surface area contributed by atoms with Crippen LogP contribution in [0.2, 0.25) is 0 Å². The lowest BCUT2D eigenvalue weighted by Gasteiger charge is -2.31. The van der Waals surface area contributed by atoms with Crippen molar-refractivity contribution in [3.05, 3.63) is 0 Å². The second-order valence-corrected chi connectivity index (χ2v) is 7.88. The molecule has 2 aliphatic carbocycles. The van der Waals surface area contributed by atoms with Crippen LogP contribution in [0.15, 0.2) is 0 Å². The number of amides is 1. The molecular formula is C16H28NO5S-. The van der Waals surface area contributed by atoms with Gasteiger partial charge in [-0.1, -0.05) is 20.8 Å². The van der Waals surface area contributed by atoms with Crippen LogP contribution < -0.4 is 5.32 Å². The van der Waals surface area contributed by atoms with E-state index in [0.717, 1.165) is 25.7 Å². The SMILES string of the molecule is CCC(C)(C)C(=O)NCCCOC1C2CCC(C2)C1OS(=O)[O-]. The topological polar surface area (TPSA) is 87.7 Å². The molecule has 23 heavy (non-hydrogen) atoms. The number of fused-ring (bicyclic) bond motifs is 2. The molecule has 0 aromatic rings. The van der Waals surface area contributed by atoms with Gasteiger partial charge in [0.05, 0.1) is 17.5 Å². The Morgan fingerprint density at radius 1 is 1.30 bits per heavy atom. The number of carbonyl (C=O) groups is 1. The van der Waals surface area contributed by atoms with Crippen LogP contribution in [-0.4, -0.2) is 40.0 Å². The van der Waals surface area contributed by atoms with Crippen LogP contribution in [0.25, 0.3) is 0 Å². The average molecular weight is 346 g/mol. The maximum Gasteiger partial charge on any atom is 0.225 e. The standard InChI is InChI=1S/C16H29NO5S/c1-4-16(2,3)15(18)17-8-5-9-21-13-11-6-7-12(10-11)14(13)22-23(19)20/h11-14H,4-10H2,1-3H3,(H,17,18)(H,19,20)/p-1. The molecule has 0 saturated heterocycles. The van der Waals surface area contributed by atoms with Crippen LogP contribution >= 0.6 is 0 Å². The first-order chi connectivity index (χ1) is 10.8. The third-order valence-electron chi connectivity index (χ3n) is 5.37. The number of hydrogen-bond acceptors (Lipinski definition) is 5. The van der Waals surface area contributed by atoms with Gasteiger partial charge in [0.2, 0.25) is 5.91 Å². The molecule has 2 saturated carbocycles. The first-order valence-corrected chi connectivity index (χ1v) is 9.51. The van der Waals surface area contributed by atoms with E-state index in [1.807, 2.05) is 20.8 Å². The zero-order chi connectivity index (χ0) is 17.0. The Balaban J connectivity index is 1.69. The highest BCUT2D eigenvalue weighted by Gasteiger charge is 2.49. The lowest BCUT2D eigenvalue weighted by Crippen LogP contribution is -2.39. The summed E-state index contributed by atoms with van der Waals surface area (Å²) in [5.41, 5.74) is -0.345. The molecule has 2 bridgehead atoms. The molecule has 1 amide bonds. The quantitative estimate of drug-likeness (QED) is 0.509. The van der Waals surface area contributed by atoms with Gasteiger partial charge < -0.3 is 14.6 Å². The van der Waals surface area contributed by atoms with Crippen molar-refractivity contribution in [1.29, 1.82) is 0 Å². The third-order valence-corrected chi connectivity index (χ3v) is 5.75. The monoisotopic (exact) mass is 346 g/mol. The minimum atomic E-state index is -2.49. The van der Waals surface area contributed by atoms with Gasteiger partial charge in [0.1, 0.15) is 6.10 Å². The Bertz CT molecular complexity index is 442.